The quantitative estimate of drug-likeness (QED) is 0.736. The fourth-order valence-electron chi connectivity index (χ4n) is 1.74. The third-order valence-corrected chi connectivity index (χ3v) is 2.46. The first-order valence-corrected chi connectivity index (χ1v) is 5.02. The molecule has 0 radical (unpaired) electrons. The van der Waals surface area contributed by atoms with E-state index >= 15 is 0 Å². The molecule has 1 aliphatic rings. The summed E-state index contributed by atoms with van der Waals surface area (Å²) in [4.78, 5) is 12.2. The summed E-state index contributed by atoms with van der Waals surface area (Å²) in [6.07, 6.45) is -5.87. The van der Waals surface area contributed by atoms with Crippen molar-refractivity contribution in [3.8, 4) is 0 Å². The molecule has 0 spiro atoms. The number of rotatable bonds is 3. The van der Waals surface area contributed by atoms with Crippen LogP contribution < -0.4 is 5.32 Å². The summed E-state index contributed by atoms with van der Waals surface area (Å²) in [5.41, 5.74) is 0. The van der Waals surface area contributed by atoms with E-state index in [1.807, 2.05) is 0 Å². The van der Waals surface area contributed by atoms with Crippen LogP contribution in [0.5, 0.6) is 0 Å². The Balaban J connectivity index is 2.35. The smallest absolute Gasteiger partial charge is 0.390 e. The topological polar surface area (TPSA) is 52.6 Å². The Bertz CT molecular complexity index is 258. The Morgan fingerprint density at radius 2 is 2.12 bits per heavy atom. The summed E-state index contributed by atoms with van der Waals surface area (Å²) >= 11 is 0. The number of likely N-dealkylation sites (tertiary alicyclic amines) is 1. The summed E-state index contributed by atoms with van der Waals surface area (Å²) in [6, 6.07) is -0.467. The molecule has 0 aromatic rings. The molecule has 4 nitrogen and oxygen atoms in total. The number of carbonyl (C=O) groups is 1. The molecule has 1 amide bonds. The second kappa shape index (κ2) is 5.01. The van der Waals surface area contributed by atoms with E-state index in [1.54, 1.807) is 0 Å². The lowest BCUT2D eigenvalue weighted by molar-refractivity contribution is -0.137. The molecule has 0 saturated carbocycles. The van der Waals surface area contributed by atoms with E-state index in [0.717, 1.165) is 0 Å². The molecule has 1 rings (SSSR count). The van der Waals surface area contributed by atoms with Crippen LogP contribution in [0.2, 0.25) is 0 Å². The van der Waals surface area contributed by atoms with Crippen molar-refractivity contribution in [3.63, 3.8) is 0 Å². The van der Waals surface area contributed by atoms with Crippen molar-refractivity contribution in [1.82, 2.24) is 10.2 Å². The zero-order chi connectivity index (χ0) is 12.3. The molecular weight excluding hydrogens is 225 g/mol. The Morgan fingerprint density at radius 3 is 2.62 bits per heavy atom. The van der Waals surface area contributed by atoms with Crippen molar-refractivity contribution in [2.24, 2.45) is 0 Å². The molecule has 0 aromatic carbocycles. The number of carbonyl (C=O) groups excluding carboxylic acids is 1. The van der Waals surface area contributed by atoms with Gasteiger partial charge >= 0.3 is 6.18 Å². The van der Waals surface area contributed by atoms with Crippen molar-refractivity contribution in [3.05, 3.63) is 0 Å². The van der Waals surface area contributed by atoms with Gasteiger partial charge in [0.25, 0.3) is 0 Å². The summed E-state index contributed by atoms with van der Waals surface area (Å²) in [5, 5.41) is 12.0. The number of nitrogens with zero attached hydrogens (tertiary/aromatic N) is 1. The molecule has 0 aromatic heterocycles. The third kappa shape index (κ3) is 4.36. The summed E-state index contributed by atoms with van der Waals surface area (Å²) in [5.74, 6) is -0.290. The molecule has 16 heavy (non-hydrogen) atoms. The van der Waals surface area contributed by atoms with Crippen LogP contribution in [0.15, 0.2) is 0 Å². The van der Waals surface area contributed by atoms with Crippen molar-refractivity contribution in [2.75, 3.05) is 19.6 Å². The molecule has 1 heterocycles. The maximum Gasteiger partial charge on any atom is 0.390 e. The normalized spacial score (nSPS) is 27.1. The maximum absolute atomic E-state index is 12.0. The number of nitrogens with one attached hydrogen (secondary N) is 1. The van der Waals surface area contributed by atoms with Crippen molar-refractivity contribution in [2.45, 2.75) is 31.7 Å². The van der Waals surface area contributed by atoms with E-state index in [1.165, 1.54) is 11.8 Å². The van der Waals surface area contributed by atoms with Gasteiger partial charge in [0.2, 0.25) is 5.91 Å². The minimum absolute atomic E-state index is 0.142. The fourth-order valence-corrected chi connectivity index (χ4v) is 1.74. The maximum atomic E-state index is 12.0. The molecule has 1 saturated heterocycles. The van der Waals surface area contributed by atoms with Crippen LogP contribution in [0.1, 0.15) is 13.3 Å². The molecule has 7 heteroatoms. The number of hydrogen-bond donors (Lipinski definition) is 2. The highest BCUT2D eigenvalue weighted by Crippen LogP contribution is 2.21. The van der Waals surface area contributed by atoms with Crippen LogP contribution in [-0.2, 0) is 4.79 Å². The van der Waals surface area contributed by atoms with Crippen LogP contribution in [0.4, 0.5) is 13.2 Å². The Kier molecular flexibility index (Phi) is 4.15. The zero-order valence-electron chi connectivity index (χ0n) is 8.92. The highest BCUT2D eigenvalue weighted by molar-refractivity contribution is 5.73. The minimum atomic E-state index is -4.18. The van der Waals surface area contributed by atoms with Crippen LogP contribution in [0.25, 0.3) is 0 Å². The second-order valence-electron chi connectivity index (χ2n) is 4.00. The van der Waals surface area contributed by atoms with Crippen molar-refractivity contribution in [1.29, 1.82) is 0 Å². The lowest BCUT2D eigenvalue weighted by atomic mass is 10.2. The number of β-amino-alcohol motifs (C(OH)–C–C–N with tert-alkyl or cyclic N) is 1. The molecule has 0 aliphatic carbocycles. The highest BCUT2D eigenvalue weighted by Gasteiger charge is 2.34. The Hall–Kier alpha value is -0.820. The number of alkyl halides is 3. The van der Waals surface area contributed by atoms with Gasteiger partial charge in [-0.2, -0.15) is 13.2 Å². The third-order valence-electron chi connectivity index (χ3n) is 2.46. The van der Waals surface area contributed by atoms with Crippen LogP contribution in [-0.4, -0.2) is 53.9 Å². The lowest BCUT2D eigenvalue weighted by Gasteiger charge is -2.16. The first kappa shape index (κ1) is 13.2. The number of hydrogen-bond acceptors (Lipinski definition) is 3. The number of amides is 1. The summed E-state index contributed by atoms with van der Waals surface area (Å²) in [6.45, 7) is 1.60. The average Bonchev–Trinajstić information content (AvgIpc) is 2.42. The molecule has 2 N–H and O–H groups in total. The lowest BCUT2D eigenvalue weighted by Crippen LogP contribution is -2.41. The first-order chi connectivity index (χ1) is 7.28. The van der Waals surface area contributed by atoms with Crippen LogP contribution in [0, 0.1) is 0 Å². The van der Waals surface area contributed by atoms with Crippen molar-refractivity contribution >= 4 is 5.91 Å². The van der Waals surface area contributed by atoms with Gasteiger partial charge in [0.15, 0.2) is 0 Å². The minimum Gasteiger partial charge on any atom is -0.390 e. The van der Waals surface area contributed by atoms with Crippen LogP contribution in [0.3, 0.4) is 0 Å². The molecule has 0 unspecified atom stereocenters. The Morgan fingerprint density at radius 1 is 1.50 bits per heavy atom. The summed E-state index contributed by atoms with van der Waals surface area (Å²) in [7, 11) is 0. The SMILES string of the molecule is CC(=O)N[C@@H]1CN(CCC(F)(F)F)C[C@H]1O. The Labute approximate surface area is 91.4 Å². The average molecular weight is 240 g/mol. The van der Waals surface area contributed by atoms with E-state index in [4.69, 9.17) is 0 Å². The van der Waals surface area contributed by atoms with E-state index in [0.29, 0.717) is 0 Å². The fraction of sp³-hybridized carbons (Fsp3) is 0.889. The molecule has 94 valence electrons. The van der Waals surface area contributed by atoms with Gasteiger partial charge in [0.05, 0.1) is 18.6 Å². The molecule has 1 aliphatic heterocycles. The standard InChI is InChI=1S/C9H15F3N2O2/c1-6(15)13-7-4-14(5-8(7)16)3-2-9(10,11)12/h7-8,16H,2-5H2,1H3,(H,13,15)/t7-,8-/m1/s1. The van der Waals surface area contributed by atoms with Gasteiger partial charge in [0, 0.05) is 26.6 Å². The number of aliphatic hydroxyl groups is 1. The van der Waals surface area contributed by atoms with Gasteiger partial charge in [-0.3, -0.25) is 9.69 Å². The first-order valence-electron chi connectivity index (χ1n) is 5.02. The van der Waals surface area contributed by atoms with E-state index in [9.17, 15) is 23.1 Å². The van der Waals surface area contributed by atoms with Gasteiger partial charge < -0.3 is 10.4 Å². The van der Waals surface area contributed by atoms with E-state index < -0.39 is 24.7 Å². The largest absolute Gasteiger partial charge is 0.390 e. The molecule has 1 fully saturated rings. The predicted octanol–water partition coefficient (Wildman–Crippen LogP) is 0.120. The van der Waals surface area contributed by atoms with Crippen LogP contribution >= 0.6 is 0 Å². The van der Waals surface area contributed by atoms with Gasteiger partial charge in [-0.1, -0.05) is 0 Å². The molecule has 2 atom stereocenters. The van der Waals surface area contributed by atoms with Gasteiger partial charge in [-0.25, -0.2) is 0 Å². The molecule has 0 bridgehead atoms. The molecular formula is C9H15F3N2O2. The monoisotopic (exact) mass is 240 g/mol. The van der Waals surface area contributed by atoms with E-state index in [2.05, 4.69) is 5.32 Å². The second-order valence-corrected chi connectivity index (χ2v) is 4.00. The van der Waals surface area contributed by atoms with Gasteiger partial charge in [-0.15, -0.1) is 0 Å². The van der Waals surface area contributed by atoms with E-state index in [-0.39, 0.29) is 25.5 Å². The predicted molar refractivity (Wildman–Crippen MR) is 50.7 cm³/mol. The van der Waals surface area contributed by atoms with Gasteiger partial charge in [0.1, 0.15) is 0 Å². The summed E-state index contributed by atoms with van der Waals surface area (Å²) < 4.78 is 35.9. The zero-order valence-corrected chi connectivity index (χ0v) is 8.92. The number of aliphatic hydroxyl groups excluding tert-OH is 1. The number of halogens is 3. The van der Waals surface area contributed by atoms with Gasteiger partial charge in [-0.05, 0) is 0 Å². The van der Waals surface area contributed by atoms with Crippen molar-refractivity contribution < 1.29 is 23.1 Å². The highest BCUT2D eigenvalue weighted by atomic mass is 19.4.